The molecule has 3 N–H and O–H groups in total. The summed E-state index contributed by atoms with van der Waals surface area (Å²) in [4.78, 5) is 0. The van der Waals surface area contributed by atoms with Gasteiger partial charge in [0, 0.05) is 15.9 Å². The third-order valence-corrected chi connectivity index (χ3v) is 5.04. The molecule has 0 amide bonds. The standard InChI is InChI=1S/C12H21BrN2S/c1-8(12(2,3)4)5-11(15-14)9-6-16-7-10(9)13/h6-8,11,15H,5,14H2,1-4H3. The van der Waals surface area contributed by atoms with Gasteiger partial charge in [-0.15, -0.1) is 0 Å². The molecule has 0 aliphatic carbocycles. The van der Waals surface area contributed by atoms with Crippen molar-refractivity contribution in [2.45, 2.75) is 40.2 Å². The van der Waals surface area contributed by atoms with Crippen LogP contribution in [0.15, 0.2) is 15.2 Å². The number of hydrogen-bond acceptors (Lipinski definition) is 3. The predicted octanol–water partition coefficient (Wildman–Crippen LogP) is 4.09. The van der Waals surface area contributed by atoms with Gasteiger partial charge in [0.2, 0.25) is 0 Å². The first-order valence-electron chi connectivity index (χ1n) is 5.54. The molecule has 0 aliphatic heterocycles. The van der Waals surface area contributed by atoms with E-state index < -0.39 is 0 Å². The quantitative estimate of drug-likeness (QED) is 0.649. The van der Waals surface area contributed by atoms with Crippen LogP contribution in [0.2, 0.25) is 0 Å². The van der Waals surface area contributed by atoms with Gasteiger partial charge in [0.25, 0.3) is 0 Å². The fourth-order valence-corrected chi connectivity index (χ4v) is 3.16. The van der Waals surface area contributed by atoms with E-state index in [2.05, 4.69) is 59.8 Å². The van der Waals surface area contributed by atoms with Gasteiger partial charge in [-0.05, 0) is 44.6 Å². The molecule has 0 aliphatic rings. The highest BCUT2D eigenvalue weighted by Gasteiger charge is 2.25. The van der Waals surface area contributed by atoms with Crippen molar-refractivity contribution in [2.75, 3.05) is 0 Å². The lowest BCUT2D eigenvalue weighted by Crippen LogP contribution is -2.31. The molecule has 2 unspecified atom stereocenters. The van der Waals surface area contributed by atoms with Gasteiger partial charge in [-0.3, -0.25) is 11.3 Å². The van der Waals surface area contributed by atoms with Crippen molar-refractivity contribution in [1.29, 1.82) is 0 Å². The van der Waals surface area contributed by atoms with Crippen molar-refractivity contribution in [1.82, 2.24) is 5.43 Å². The van der Waals surface area contributed by atoms with Gasteiger partial charge in [-0.1, -0.05) is 27.7 Å². The molecule has 0 aromatic carbocycles. The lowest BCUT2D eigenvalue weighted by molar-refractivity contribution is 0.223. The minimum atomic E-state index is 0.231. The van der Waals surface area contributed by atoms with Crippen LogP contribution < -0.4 is 11.3 Å². The first-order chi connectivity index (χ1) is 7.36. The molecular formula is C12H21BrN2S. The molecule has 1 aromatic rings. The molecule has 1 aromatic heterocycles. The number of rotatable bonds is 4. The van der Waals surface area contributed by atoms with E-state index in [1.54, 1.807) is 11.3 Å². The molecule has 0 saturated carbocycles. The van der Waals surface area contributed by atoms with Gasteiger partial charge in [-0.2, -0.15) is 11.3 Å². The Kier molecular flexibility index (Phi) is 4.98. The number of hydrogen-bond donors (Lipinski definition) is 2. The van der Waals surface area contributed by atoms with Gasteiger partial charge in [0.1, 0.15) is 0 Å². The minimum Gasteiger partial charge on any atom is -0.271 e. The number of nitrogens with one attached hydrogen (secondary N) is 1. The Morgan fingerprint density at radius 1 is 1.44 bits per heavy atom. The molecule has 0 fully saturated rings. The van der Waals surface area contributed by atoms with Crippen LogP contribution in [0.4, 0.5) is 0 Å². The van der Waals surface area contributed by atoms with Crippen LogP contribution in [0.25, 0.3) is 0 Å². The molecule has 92 valence electrons. The largest absolute Gasteiger partial charge is 0.271 e. The Morgan fingerprint density at radius 2 is 2.06 bits per heavy atom. The monoisotopic (exact) mass is 304 g/mol. The summed E-state index contributed by atoms with van der Waals surface area (Å²) in [6.07, 6.45) is 1.05. The van der Waals surface area contributed by atoms with E-state index in [0.717, 1.165) is 10.9 Å². The van der Waals surface area contributed by atoms with Crippen LogP contribution in [-0.4, -0.2) is 0 Å². The molecule has 0 spiro atoms. The predicted molar refractivity (Wildman–Crippen MR) is 75.3 cm³/mol. The Morgan fingerprint density at radius 3 is 2.44 bits per heavy atom. The van der Waals surface area contributed by atoms with E-state index in [1.807, 2.05) is 0 Å². The third-order valence-electron chi connectivity index (χ3n) is 3.29. The van der Waals surface area contributed by atoms with Crippen LogP contribution in [0.3, 0.4) is 0 Å². The molecule has 4 heteroatoms. The summed E-state index contributed by atoms with van der Waals surface area (Å²) in [5.41, 5.74) is 4.51. The highest BCUT2D eigenvalue weighted by atomic mass is 79.9. The maximum absolute atomic E-state index is 5.66. The summed E-state index contributed by atoms with van der Waals surface area (Å²) in [5.74, 6) is 6.27. The van der Waals surface area contributed by atoms with Crippen LogP contribution in [0.1, 0.15) is 45.7 Å². The van der Waals surface area contributed by atoms with Crippen molar-refractivity contribution < 1.29 is 0 Å². The Bertz CT molecular complexity index is 330. The summed E-state index contributed by atoms with van der Waals surface area (Å²) in [6.45, 7) is 9.10. The van der Waals surface area contributed by atoms with E-state index in [-0.39, 0.29) is 6.04 Å². The number of hydrazine groups is 1. The SMILES string of the molecule is CC(CC(NN)c1cscc1Br)C(C)(C)C. The van der Waals surface area contributed by atoms with Crippen LogP contribution in [0.5, 0.6) is 0 Å². The van der Waals surface area contributed by atoms with Gasteiger partial charge in [0.15, 0.2) is 0 Å². The van der Waals surface area contributed by atoms with E-state index in [4.69, 9.17) is 5.84 Å². The second-order valence-corrected chi connectivity index (χ2v) is 6.99. The molecule has 2 atom stereocenters. The molecule has 0 saturated heterocycles. The zero-order valence-corrected chi connectivity index (χ0v) is 12.8. The number of thiophene rings is 1. The molecule has 1 rings (SSSR count). The normalized spacial score (nSPS) is 16.1. The third kappa shape index (κ3) is 3.55. The fourth-order valence-electron chi connectivity index (χ4n) is 1.53. The minimum absolute atomic E-state index is 0.231. The topological polar surface area (TPSA) is 38.0 Å². The zero-order valence-electron chi connectivity index (χ0n) is 10.4. The molecular weight excluding hydrogens is 284 g/mol. The van der Waals surface area contributed by atoms with Crippen molar-refractivity contribution in [2.24, 2.45) is 17.2 Å². The number of halogens is 1. The van der Waals surface area contributed by atoms with Crippen molar-refractivity contribution in [3.8, 4) is 0 Å². The summed E-state index contributed by atoms with van der Waals surface area (Å²) < 4.78 is 1.15. The van der Waals surface area contributed by atoms with Gasteiger partial charge >= 0.3 is 0 Å². The van der Waals surface area contributed by atoms with Crippen molar-refractivity contribution >= 4 is 27.3 Å². The second-order valence-electron chi connectivity index (χ2n) is 5.40. The highest BCUT2D eigenvalue weighted by molar-refractivity contribution is 9.10. The Hall–Kier alpha value is 0.100. The van der Waals surface area contributed by atoms with E-state index in [9.17, 15) is 0 Å². The molecule has 0 radical (unpaired) electrons. The van der Waals surface area contributed by atoms with Crippen molar-refractivity contribution in [3.05, 3.63) is 20.8 Å². The fraction of sp³-hybridized carbons (Fsp3) is 0.667. The lowest BCUT2D eigenvalue weighted by atomic mass is 9.78. The first kappa shape index (κ1) is 14.2. The average molecular weight is 305 g/mol. The van der Waals surface area contributed by atoms with E-state index in [0.29, 0.717) is 11.3 Å². The first-order valence-corrected chi connectivity index (χ1v) is 7.27. The second kappa shape index (κ2) is 5.63. The van der Waals surface area contributed by atoms with Gasteiger partial charge < -0.3 is 0 Å². The number of nitrogens with two attached hydrogens (primary N) is 1. The highest BCUT2D eigenvalue weighted by Crippen LogP contribution is 2.36. The summed E-state index contributed by atoms with van der Waals surface area (Å²) >= 11 is 5.27. The Balaban J connectivity index is 2.74. The average Bonchev–Trinajstić information content (AvgIpc) is 2.59. The summed E-state index contributed by atoms with van der Waals surface area (Å²) in [5, 5.41) is 4.26. The van der Waals surface area contributed by atoms with Crippen LogP contribution >= 0.6 is 27.3 Å². The van der Waals surface area contributed by atoms with Gasteiger partial charge in [0.05, 0.1) is 0 Å². The van der Waals surface area contributed by atoms with Crippen LogP contribution in [0, 0.1) is 11.3 Å². The maximum atomic E-state index is 5.66. The molecule has 16 heavy (non-hydrogen) atoms. The molecule has 1 heterocycles. The maximum Gasteiger partial charge on any atom is 0.0482 e. The van der Waals surface area contributed by atoms with E-state index >= 15 is 0 Å². The van der Waals surface area contributed by atoms with Gasteiger partial charge in [-0.25, -0.2) is 0 Å². The Labute approximate surface area is 111 Å². The van der Waals surface area contributed by atoms with E-state index in [1.165, 1.54) is 5.56 Å². The smallest absolute Gasteiger partial charge is 0.0482 e. The van der Waals surface area contributed by atoms with Crippen molar-refractivity contribution in [3.63, 3.8) is 0 Å². The lowest BCUT2D eigenvalue weighted by Gasteiger charge is -2.30. The summed E-state index contributed by atoms with van der Waals surface area (Å²) in [6, 6.07) is 0.231. The molecule has 2 nitrogen and oxygen atoms in total. The summed E-state index contributed by atoms with van der Waals surface area (Å²) in [7, 11) is 0. The van der Waals surface area contributed by atoms with Crippen LogP contribution in [-0.2, 0) is 0 Å². The molecule has 0 bridgehead atoms. The zero-order chi connectivity index (χ0) is 12.3.